The molecule has 3 aromatic rings. The number of methoxy groups -OCH3 is 1. The number of benzene rings is 2. The predicted molar refractivity (Wildman–Crippen MR) is 134 cm³/mol. The average molecular weight is 446 g/mol. The van der Waals surface area contributed by atoms with Crippen molar-refractivity contribution >= 4 is 22.4 Å². The van der Waals surface area contributed by atoms with Crippen molar-refractivity contribution in [2.24, 2.45) is 5.16 Å². The highest BCUT2D eigenvalue weighted by Gasteiger charge is 2.33. The number of aromatic nitrogens is 1. The van der Waals surface area contributed by atoms with E-state index in [0.29, 0.717) is 6.61 Å². The van der Waals surface area contributed by atoms with Gasteiger partial charge in [-0.1, -0.05) is 23.4 Å². The summed E-state index contributed by atoms with van der Waals surface area (Å²) < 4.78 is 5.55. The van der Waals surface area contributed by atoms with E-state index in [-0.39, 0.29) is 0 Å². The zero-order chi connectivity index (χ0) is 22.8. The number of oxime groups is 1. The van der Waals surface area contributed by atoms with Gasteiger partial charge in [0.2, 0.25) is 0 Å². The van der Waals surface area contributed by atoms with E-state index in [0.717, 1.165) is 89.6 Å². The highest BCUT2D eigenvalue weighted by Crippen LogP contribution is 2.46. The molecular weight excluding hydrogens is 414 g/mol. The van der Waals surface area contributed by atoms with E-state index < -0.39 is 0 Å². The quantitative estimate of drug-likeness (QED) is 0.348. The van der Waals surface area contributed by atoms with E-state index in [1.807, 2.05) is 12.1 Å². The number of fused-ring (bicyclic) bond motifs is 5. The van der Waals surface area contributed by atoms with Crippen LogP contribution in [0.5, 0.6) is 5.75 Å². The number of ether oxygens (including phenoxy) is 1. The lowest BCUT2D eigenvalue weighted by atomic mass is 10.0. The molecule has 172 valence electrons. The van der Waals surface area contributed by atoms with E-state index in [1.54, 1.807) is 7.11 Å². The summed E-state index contributed by atoms with van der Waals surface area (Å²) in [7, 11) is 5.83. The van der Waals surface area contributed by atoms with Crippen molar-refractivity contribution in [1.82, 2.24) is 15.2 Å². The second-order valence-corrected chi connectivity index (χ2v) is 8.78. The fraction of sp³-hybridized carbons (Fsp3) is 0.385. The lowest BCUT2D eigenvalue weighted by Gasteiger charge is -2.30. The van der Waals surface area contributed by atoms with Crippen molar-refractivity contribution in [3.63, 3.8) is 0 Å². The Kier molecular flexibility index (Phi) is 6.15. The van der Waals surface area contributed by atoms with E-state index in [4.69, 9.17) is 19.7 Å². The number of piperazine rings is 1. The van der Waals surface area contributed by atoms with Crippen LogP contribution in [0.4, 0.5) is 5.82 Å². The van der Waals surface area contributed by atoms with Gasteiger partial charge in [-0.25, -0.2) is 4.98 Å². The minimum Gasteiger partial charge on any atom is -0.497 e. The first-order valence-electron chi connectivity index (χ1n) is 11.6. The van der Waals surface area contributed by atoms with E-state index in [2.05, 4.69) is 59.5 Å². The SMILES string of the molecule is COc1ccc2c(c1)/C(=N\OCCCN(C)C)c1c-2c(N2CCNCC2)nc2ccccc12. The van der Waals surface area contributed by atoms with Gasteiger partial charge in [0.05, 0.1) is 12.6 Å². The summed E-state index contributed by atoms with van der Waals surface area (Å²) in [5, 5.41) is 9.24. The first kappa shape index (κ1) is 21.7. The Hall–Kier alpha value is -3.16. The van der Waals surface area contributed by atoms with Crippen LogP contribution in [0.25, 0.3) is 22.0 Å². The molecule has 1 N–H and O–H groups in total. The summed E-state index contributed by atoms with van der Waals surface area (Å²) in [5.74, 6) is 1.83. The molecule has 5 rings (SSSR count). The first-order valence-corrected chi connectivity index (χ1v) is 11.6. The molecule has 0 atom stereocenters. The molecule has 7 nitrogen and oxygen atoms in total. The van der Waals surface area contributed by atoms with Crippen LogP contribution in [0.3, 0.4) is 0 Å². The minimum absolute atomic E-state index is 0.573. The molecule has 1 aliphatic carbocycles. The van der Waals surface area contributed by atoms with Gasteiger partial charge in [0.15, 0.2) is 0 Å². The smallest absolute Gasteiger partial charge is 0.137 e. The van der Waals surface area contributed by atoms with Crippen molar-refractivity contribution in [1.29, 1.82) is 0 Å². The van der Waals surface area contributed by atoms with Gasteiger partial charge in [0.1, 0.15) is 23.9 Å². The number of nitrogens with zero attached hydrogens (tertiary/aromatic N) is 4. The molecule has 0 bridgehead atoms. The number of nitrogens with one attached hydrogen (secondary N) is 1. The van der Waals surface area contributed by atoms with E-state index in [1.165, 1.54) is 0 Å². The van der Waals surface area contributed by atoms with Crippen LogP contribution in [0.1, 0.15) is 17.5 Å². The molecule has 2 aliphatic rings. The second kappa shape index (κ2) is 9.37. The maximum Gasteiger partial charge on any atom is 0.137 e. The maximum absolute atomic E-state index is 5.87. The van der Waals surface area contributed by atoms with Gasteiger partial charge in [0.25, 0.3) is 0 Å². The molecule has 2 heterocycles. The summed E-state index contributed by atoms with van der Waals surface area (Å²) in [5.41, 5.74) is 6.25. The van der Waals surface area contributed by atoms with Crippen LogP contribution < -0.4 is 15.0 Å². The number of hydrogen-bond acceptors (Lipinski definition) is 7. The number of anilines is 1. The summed E-state index contributed by atoms with van der Waals surface area (Å²) in [4.78, 5) is 15.5. The fourth-order valence-electron chi connectivity index (χ4n) is 4.65. The van der Waals surface area contributed by atoms with Crippen LogP contribution >= 0.6 is 0 Å². The average Bonchev–Trinajstić information content (AvgIpc) is 3.17. The molecule has 0 unspecified atom stereocenters. The Morgan fingerprint density at radius 2 is 1.88 bits per heavy atom. The lowest BCUT2D eigenvalue weighted by Crippen LogP contribution is -2.44. The Bertz CT molecular complexity index is 1180. The van der Waals surface area contributed by atoms with Gasteiger partial charge in [-0.2, -0.15) is 0 Å². The third-order valence-electron chi connectivity index (χ3n) is 6.27. The molecule has 1 aromatic heterocycles. The van der Waals surface area contributed by atoms with Gasteiger partial charge in [-0.3, -0.25) is 0 Å². The summed E-state index contributed by atoms with van der Waals surface area (Å²) in [6.45, 7) is 5.30. The fourth-order valence-corrected chi connectivity index (χ4v) is 4.65. The van der Waals surface area contributed by atoms with Gasteiger partial charge in [-0.05, 0) is 50.3 Å². The number of hydrogen-bond donors (Lipinski definition) is 1. The second-order valence-electron chi connectivity index (χ2n) is 8.78. The molecule has 0 spiro atoms. The molecule has 1 aliphatic heterocycles. The van der Waals surface area contributed by atoms with Gasteiger partial charge in [0, 0.05) is 54.8 Å². The molecule has 7 heteroatoms. The van der Waals surface area contributed by atoms with Crippen molar-refractivity contribution in [2.45, 2.75) is 6.42 Å². The first-order chi connectivity index (χ1) is 16.2. The molecule has 1 fully saturated rings. The van der Waals surface area contributed by atoms with Crippen LogP contribution in [0.15, 0.2) is 47.6 Å². The lowest BCUT2D eigenvalue weighted by molar-refractivity contribution is 0.135. The molecule has 0 amide bonds. The van der Waals surface area contributed by atoms with Crippen molar-refractivity contribution < 1.29 is 9.57 Å². The normalized spacial score (nSPS) is 16.4. The predicted octanol–water partition coefficient (Wildman–Crippen LogP) is 3.35. The van der Waals surface area contributed by atoms with E-state index >= 15 is 0 Å². The van der Waals surface area contributed by atoms with Crippen molar-refractivity contribution in [3.8, 4) is 16.9 Å². The third kappa shape index (κ3) is 4.14. The zero-order valence-corrected chi connectivity index (χ0v) is 19.6. The third-order valence-corrected chi connectivity index (χ3v) is 6.27. The Balaban J connectivity index is 1.67. The molecule has 0 saturated carbocycles. The Morgan fingerprint density at radius 1 is 1.06 bits per heavy atom. The van der Waals surface area contributed by atoms with Gasteiger partial charge >= 0.3 is 0 Å². The van der Waals surface area contributed by atoms with Gasteiger partial charge < -0.3 is 24.7 Å². The standard InChI is InChI=1S/C26H31N5O2/c1-30(2)13-6-16-33-29-25-21-17-18(32-3)9-10-19(21)24-23(25)20-7-4-5-8-22(20)28-26(24)31-14-11-27-12-15-31/h4-5,7-10,17,27H,6,11-16H2,1-3H3/b29-25+. The number of pyridine rings is 1. The van der Waals surface area contributed by atoms with Crippen LogP contribution in [0.2, 0.25) is 0 Å². The van der Waals surface area contributed by atoms with Crippen molar-refractivity contribution in [2.75, 3.05) is 65.4 Å². The van der Waals surface area contributed by atoms with Crippen LogP contribution in [-0.4, -0.2) is 76.1 Å². The molecular formula is C26H31N5O2. The monoisotopic (exact) mass is 445 g/mol. The van der Waals surface area contributed by atoms with Crippen LogP contribution in [0, 0.1) is 0 Å². The van der Waals surface area contributed by atoms with E-state index in [9.17, 15) is 0 Å². The topological polar surface area (TPSA) is 62.2 Å². The molecule has 0 radical (unpaired) electrons. The molecule has 1 saturated heterocycles. The van der Waals surface area contributed by atoms with Gasteiger partial charge in [-0.15, -0.1) is 0 Å². The Morgan fingerprint density at radius 3 is 2.67 bits per heavy atom. The maximum atomic E-state index is 5.87. The summed E-state index contributed by atoms with van der Waals surface area (Å²) >= 11 is 0. The minimum atomic E-state index is 0.573. The number of para-hydroxylation sites is 1. The highest BCUT2D eigenvalue weighted by molar-refractivity contribution is 6.30. The molecule has 33 heavy (non-hydrogen) atoms. The summed E-state index contributed by atoms with van der Waals surface area (Å²) in [6, 6.07) is 14.5. The largest absolute Gasteiger partial charge is 0.497 e. The Labute approximate surface area is 195 Å². The van der Waals surface area contributed by atoms with Crippen LogP contribution in [-0.2, 0) is 4.84 Å². The zero-order valence-electron chi connectivity index (χ0n) is 19.6. The summed E-state index contributed by atoms with van der Waals surface area (Å²) in [6.07, 6.45) is 0.921. The highest BCUT2D eigenvalue weighted by atomic mass is 16.6. The molecule has 2 aromatic carbocycles. The van der Waals surface area contributed by atoms with Crippen molar-refractivity contribution in [3.05, 3.63) is 53.6 Å². The number of rotatable bonds is 7.